The second kappa shape index (κ2) is 5.50. The summed E-state index contributed by atoms with van der Waals surface area (Å²) in [6.45, 7) is 0. The molecule has 0 bridgehead atoms. The van der Waals surface area contributed by atoms with E-state index in [0.29, 0.717) is 10.3 Å². The zero-order valence-corrected chi connectivity index (χ0v) is 11.2. The second-order valence-corrected chi connectivity index (χ2v) is 3.20. The molecule has 0 atom stereocenters. The Morgan fingerprint density at radius 3 is 2.50 bits per heavy atom. The molecule has 0 radical (unpaired) electrons. The van der Waals surface area contributed by atoms with E-state index in [9.17, 15) is 10.0 Å². The minimum absolute atomic E-state index is 0. The van der Waals surface area contributed by atoms with Gasteiger partial charge in [0.2, 0.25) is 0 Å². The van der Waals surface area contributed by atoms with Crippen LogP contribution in [-0.4, -0.2) is 24.9 Å². The zero-order valence-electron chi connectivity index (χ0n) is 8.35. The van der Waals surface area contributed by atoms with Crippen LogP contribution in [-0.2, 0) is 12.6 Å². The van der Waals surface area contributed by atoms with Crippen LogP contribution in [0.5, 0.6) is 0 Å². The number of pyridine rings is 1. The molecule has 14 heavy (non-hydrogen) atoms. The third-order valence-electron chi connectivity index (χ3n) is 1.53. The van der Waals surface area contributed by atoms with E-state index in [1.165, 1.54) is 17.2 Å². The Balaban J connectivity index is 0.00000169. The summed E-state index contributed by atoms with van der Waals surface area (Å²) in [6, 6.07) is 2.98. The maximum atomic E-state index is 11.3. The predicted molar refractivity (Wildman–Crippen MR) is 49.1 cm³/mol. The first-order valence-electron chi connectivity index (χ1n) is 3.64. The van der Waals surface area contributed by atoms with E-state index in [1.54, 1.807) is 20.2 Å². The van der Waals surface area contributed by atoms with Gasteiger partial charge in [0, 0.05) is 14.1 Å². The van der Waals surface area contributed by atoms with Crippen LogP contribution in [0.3, 0.4) is 0 Å². The minimum Gasteiger partial charge on any atom is -0.709 e. The van der Waals surface area contributed by atoms with Crippen molar-refractivity contribution in [1.82, 2.24) is 4.90 Å². The Kier molecular flexibility index (Phi) is 5.36. The fraction of sp³-hybridized carbons (Fsp3) is 0.250. The van der Waals surface area contributed by atoms with E-state index < -0.39 is 0 Å². The van der Waals surface area contributed by atoms with Crippen molar-refractivity contribution in [3.05, 3.63) is 29.1 Å². The van der Waals surface area contributed by atoms with Gasteiger partial charge in [0.1, 0.15) is 5.56 Å². The molecule has 70 valence electrons. The number of carbonyl (C=O) groups is 1. The van der Waals surface area contributed by atoms with E-state index >= 15 is 0 Å². The van der Waals surface area contributed by atoms with Crippen molar-refractivity contribution in [2.75, 3.05) is 14.1 Å². The molecule has 0 aliphatic carbocycles. The Morgan fingerprint density at radius 2 is 2.07 bits per heavy atom. The topological polar surface area (TPSA) is 47.2 Å². The Morgan fingerprint density at radius 1 is 1.50 bits per heavy atom. The fourth-order valence-electron chi connectivity index (χ4n) is 0.852. The molecule has 0 aromatic carbocycles. The SMILES string of the molecule is CN(C)C(=O)c1ccc([S-])[n+]([O-])c1.[Na+]. The van der Waals surface area contributed by atoms with Gasteiger partial charge in [-0.15, -0.1) is 0 Å². The molecule has 1 aromatic heterocycles. The average molecular weight is 220 g/mol. The molecule has 1 amide bonds. The molecule has 0 saturated carbocycles. The summed E-state index contributed by atoms with van der Waals surface area (Å²) in [7, 11) is 3.25. The maximum absolute atomic E-state index is 11.3. The monoisotopic (exact) mass is 220 g/mol. The predicted octanol–water partition coefficient (Wildman–Crippen LogP) is -3.07. The number of rotatable bonds is 1. The Bertz CT molecular complexity index is 344. The van der Waals surface area contributed by atoms with Gasteiger partial charge in [-0.1, -0.05) is 0 Å². The molecule has 0 spiro atoms. The molecule has 1 heterocycles. The molecule has 0 fully saturated rings. The molecule has 0 saturated heterocycles. The molecule has 6 heteroatoms. The summed E-state index contributed by atoms with van der Waals surface area (Å²) in [5, 5.41) is 11.2. The van der Waals surface area contributed by atoms with Gasteiger partial charge in [0.25, 0.3) is 5.91 Å². The van der Waals surface area contributed by atoms with Crippen molar-refractivity contribution < 1.29 is 39.1 Å². The van der Waals surface area contributed by atoms with Crippen LogP contribution in [0.15, 0.2) is 23.4 Å². The van der Waals surface area contributed by atoms with E-state index in [2.05, 4.69) is 0 Å². The quantitative estimate of drug-likeness (QED) is 0.218. The van der Waals surface area contributed by atoms with Gasteiger partial charge in [-0.05, 0) is 12.1 Å². The van der Waals surface area contributed by atoms with Crippen molar-refractivity contribution in [1.29, 1.82) is 0 Å². The Hall–Kier alpha value is -0.360. The number of hydrogen-bond donors (Lipinski definition) is 0. The molecule has 1 rings (SSSR count). The van der Waals surface area contributed by atoms with Crippen molar-refractivity contribution in [2.24, 2.45) is 0 Å². The number of nitrogens with zero attached hydrogens (tertiary/aromatic N) is 2. The molecule has 4 nitrogen and oxygen atoms in total. The first kappa shape index (κ1) is 13.6. The van der Waals surface area contributed by atoms with E-state index in [-0.39, 0.29) is 40.5 Å². The summed E-state index contributed by atoms with van der Waals surface area (Å²) >= 11 is 4.69. The number of hydrogen-bond acceptors (Lipinski definition) is 3. The van der Waals surface area contributed by atoms with Crippen molar-refractivity contribution in [3.63, 3.8) is 0 Å². The minimum atomic E-state index is -0.209. The van der Waals surface area contributed by atoms with Gasteiger partial charge in [-0.3, -0.25) is 4.79 Å². The van der Waals surface area contributed by atoms with Crippen molar-refractivity contribution >= 4 is 18.5 Å². The fourth-order valence-corrected chi connectivity index (χ4v) is 0.973. The van der Waals surface area contributed by atoms with Gasteiger partial charge in [0.15, 0.2) is 6.20 Å². The van der Waals surface area contributed by atoms with Crippen LogP contribution >= 0.6 is 0 Å². The smallest absolute Gasteiger partial charge is 0.709 e. The molecule has 1 aromatic rings. The molecular formula is C8H9N2NaO2S. The van der Waals surface area contributed by atoms with Crippen molar-refractivity contribution in [3.8, 4) is 0 Å². The summed E-state index contributed by atoms with van der Waals surface area (Å²) in [4.78, 5) is 12.7. The third kappa shape index (κ3) is 3.09. The summed E-state index contributed by atoms with van der Waals surface area (Å²) in [5.41, 5.74) is 0.341. The van der Waals surface area contributed by atoms with Crippen LogP contribution in [0.4, 0.5) is 0 Å². The van der Waals surface area contributed by atoms with Crippen LogP contribution < -0.4 is 34.3 Å². The average Bonchev–Trinajstić information content (AvgIpc) is 2.08. The molecule has 0 unspecified atom stereocenters. The number of amides is 1. The molecule has 0 N–H and O–H groups in total. The van der Waals surface area contributed by atoms with Crippen molar-refractivity contribution in [2.45, 2.75) is 5.03 Å². The summed E-state index contributed by atoms with van der Waals surface area (Å²) < 4.78 is 0.506. The largest absolute Gasteiger partial charge is 1.00 e. The maximum Gasteiger partial charge on any atom is 1.00 e. The Labute approximate surface area is 110 Å². The van der Waals surface area contributed by atoms with E-state index in [1.807, 2.05) is 0 Å². The molecule has 0 aliphatic heterocycles. The third-order valence-corrected chi connectivity index (χ3v) is 1.85. The first-order chi connectivity index (χ1) is 6.02. The first-order valence-corrected chi connectivity index (χ1v) is 4.05. The van der Waals surface area contributed by atoms with Gasteiger partial charge < -0.3 is 22.7 Å². The molecular weight excluding hydrogens is 211 g/mol. The summed E-state index contributed by atoms with van der Waals surface area (Å²) in [6.07, 6.45) is 1.19. The second-order valence-electron chi connectivity index (χ2n) is 2.78. The van der Waals surface area contributed by atoms with E-state index in [4.69, 9.17) is 12.6 Å². The van der Waals surface area contributed by atoms with Crippen LogP contribution in [0.1, 0.15) is 10.4 Å². The van der Waals surface area contributed by atoms with Gasteiger partial charge in [-0.2, -0.15) is 4.73 Å². The number of aromatic nitrogens is 1. The van der Waals surface area contributed by atoms with Gasteiger partial charge >= 0.3 is 29.6 Å². The molecule has 0 aliphatic rings. The van der Waals surface area contributed by atoms with Crippen LogP contribution in [0.25, 0.3) is 0 Å². The normalized spacial score (nSPS) is 9.00. The van der Waals surface area contributed by atoms with E-state index in [0.717, 1.165) is 0 Å². The standard InChI is InChI=1S/C8H10N2O2S.Na/c1-9(2)8(11)6-3-4-7(13)10(12)5-6;/h3-5,13H,1-2H3;/q;+1/p-1. The van der Waals surface area contributed by atoms with Crippen LogP contribution in [0.2, 0.25) is 0 Å². The zero-order chi connectivity index (χ0) is 10.0. The van der Waals surface area contributed by atoms with Gasteiger partial charge in [0.05, 0.1) is 5.03 Å². The summed E-state index contributed by atoms with van der Waals surface area (Å²) in [5.74, 6) is -0.209. The van der Waals surface area contributed by atoms with Gasteiger partial charge in [-0.25, -0.2) is 0 Å². The number of carbonyl (C=O) groups excluding carboxylic acids is 1. The van der Waals surface area contributed by atoms with Crippen LogP contribution in [0, 0.1) is 5.21 Å².